The van der Waals surface area contributed by atoms with Crippen molar-refractivity contribution in [2.45, 2.75) is 26.3 Å². The largest absolute Gasteiger partial charge is 0.491 e. The van der Waals surface area contributed by atoms with Crippen LogP contribution in [0.1, 0.15) is 30.5 Å². The molecule has 1 aromatic carbocycles. The zero-order chi connectivity index (χ0) is 14.1. The van der Waals surface area contributed by atoms with Gasteiger partial charge in [0.25, 0.3) is 0 Å². The van der Waals surface area contributed by atoms with Crippen LogP contribution in [-0.4, -0.2) is 33.5 Å². The summed E-state index contributed by atoms with van der Waals surface area (Å²) in [5, 5.41) is 0. The first-order chi connectivity index (χ1) is 9.15. The van der Waals surface area contributed by atoms with Gasteiger partial charge in [0.1, 0.15) is 12.4 Å². The van der Waals surface area contributed by atoms with Crippen molar-refractivity contribution in [3.63, 3.8) is 0 Å². The summed E-state index contributed by atoms with van der Waals surface area (Å²) in [5.41, 5.74) is 8.12. The van der Waals surface area contributed by atoms with Gasteiger partial charge in [-0.25, -0.2) is 0 Å². The van der Waals surface area contributed by atoms with Crippen LogP contribution in [0.4, 0.5) is 0 Å². The van der Waals surface area contributed by atoms with Gasteiger partial charge in [-0.2, -0.15) is 0 Å². The Labute approximate surface area is 115 Å². The van der Waals surface area contributed by atoms with Crippen LogP contribution < -0.4 is 10.5 Å². The fraction of sp³-hybridized carbons (Fsp3) is 0.600. The van der Waals surface area contributed by atoms with E-state index in [1.807, 2.05) is 32.0 Å². The first-order valence-corrected chi connectivity index (χ1v) is 6.70. The Morgan fingerprint density at radius 1 is 1.16 bits per heavy atom. The van der Waals surface area contributed by atoms with Crippen molar-refractivity contribution in [1.29, 1.82) is 0 Å². The van der Waals surface area contributed by atoms with Gasteiger partial charge in [-0.1, -0.05) is 12.1 Å². The Bertz CT molecular complexity index is 366. The van der Waals surface area contributed by atoms with Crippen LogP contribution in [-0.2, 0) is 9.47 Å². The highest BCUT2D eigenvalue weighted by Crippen LogP contribution is 2.24. The number of nitrogens with two attached hydrogens (primary N) is 1. The lowest BCUT2D eigenvalue weighted by Gasteiger charge is -2.15. The van der Waals surface area contributed by atoms with Gasteiger partial charge in [0.2, 0.25) is 0 Å². The first-order valence-electron chi connectivity index (χ1n) is 6.70. The topological polar surface area (TPSA) is 53.7 Å². The maximum atomic E-state index is 5.92. The predicted octanol–water partition coefficient (Wildman–Crippen LogP) is 2.45. The third kappa shape index (κ3) is 6.05. The molecule has 0 fully saturated rings. The highest BCUT2D eigenvalue weighted by Gasteiger charge is 2.08. The van der Waals surface area contributed by atoms with Gasteiger partial charge in [0.05, 0.1) is 6.61 Å². The van der Waals surface area contributed by atoms with E-state index in [4.69, 9.17) is 19.9 Å². The Hall–Kier alpha value is -1.10. The molecule has 0 heterocycles. The SMILES string of the molecule is COCCCOCCOc1cc(C)ccc1C(C)N. The molecular weight excluding hydrogens is 242 g/mol. The van der Waals surface area contributed by atoms with Crippen molar-refractivity contribution in [1.82, 2.24) is 0 Å². The normalized spacial score (nSPS) is 12.4. The van der Waals surface area contributed by atoms with Gasteiger partial charge < -0.3 is 19.9 Å². The maximum absolute atomic E-state index is 5.92. The minimum Gasteiger partial charge on any atom is -0.491 e. The second kappa shape index (κ2) is 8.91. The molecule has 0 bridgehead atoms. The minimum atomic E-state index is -0.0294. The van der Waals surface area contributed by atoms with Crippen molar-refractivity contribution in [3.8, 4) is 5.75 Å². The van der Waals surface area contributed by atoms with Gasteiger partial charge in [-0.15, -0.1) is 0 Å². The lowest BCUT2D eigenvalue weighted by molar-refractivity contribution is 0.0803. The molecular formula is C15H25NO3. The predicted molar refractivity (Wildman–Crippen MR) is 76.6 cm³/mol. The van der Waals surface area contributed by atoms with E-state index >= 15 is 0 Å². The van der Waals surface area contributed by atoms with Gasteiger partial charge in [-0.05, 0) is 31.9 Å². The lowest BCUT2D eigenvalue weighted by atomic mass is 10.1. The number of hydrogen-bond acceptors (Lipinski definition) is 4. The third-order valence-electron chi connectivity index (χ3n) is 2.78. The molecule has 0 aromatic heterocycles. The first kappa shape index (κ1) is 16.0. The summed E-state index contributed by atoms with van der Waals surface area (Å²) in [6.07, 6.45) is 0.909. The van der Waals surface area contributed by atoms with Crippen LogP contribution in [0.5, 0.6) is 5.75 Å². The Kier molecular flexibility index (Phi) is 7.48. The second-order valence-electron chi connectivity index (χ2n) is 4.64. The maximum Gasteiger partial charge on any atom is 0.124 e. The zero-order valence-electron chi connectivity index (χ0n) is 12.1. The highest BCUT2D eigenvalue weighted by atomic mass is 16.5. The second-order valence-corrected chi connectivity index (χ2v) is 4.64. The van der Waals surface area contributed by atoms with E-state index in [1.165, 1.54) is 5.56 Å². The van der Waals surface area contributed by atoms with Crippen LogP contribution >= 0.6 is 0 Å². The lowest BCUT2D eigenvalue weighted by Crippen LogP contribution is -2.12. The molecule has 0 amide bonds. The molecule has 2 N–H and O–H groups in total. The van der Waals surface area contributed by atoms with Crippen LogP contribution in [0.2, 0.25) is 0 Å². The van der Waals surface area contributed by atoms with Gasteiger partial charge >= 0.3 is 0 Å². The molecule has 0 aliphatic rings. The number of benzene rings is 1. The molecule has 4 nitrogen and oxygen atoms in total. The van der Waals surface area contributed by atoms with Crippen molar-refractivity contribution >= 4 is 0 Å². The van der Waals surface area contributed by atoms with Gasteiger partial charge in [-0.3, -0.25) is 0 Å². The number of aryl methyl sites for hydroxylation is 1. The smallest absolute Gasteiger partial charge is 0.124 e. The molecule has 19 heavy (non-hydrogen) atoms. The summed E-state index contributed by atoms with van der Waals surface area (Å²) in [5.74, 6) is 0.857. The monoisotopic (exact) mass is 267 g/mol. The van der Waals surface area contributed by atoms with E-state index in [2.05, 4.69) is 0 Å². The number of rotatable bonds is 9. The summed E-state index contributed by atoms with van der Waals surface area (Å²) in [4.78, 5) is 0. The Morgan fingerprint density at radius 3 is 2.63 bits per heavy atom. The van der Waals surface area contributed by atoms with Crippen LogP contribution in [0.25, 0.3) is 0 Å². The molecule has 1 atom stereocenters. The standard InChI is InChI=1S/C15H25NO3/c1-12-5-6-14(13(2)16)15(11-12)19-10-9-18-8-4-7-17-3/h5-6,11,13H,4,7-10,16H2,1-3H3. The average Bonchev–Trinajstić information content (AvgIpc) is 2.37. The molecule has 0 aliphatic heterocycles. The fourth-order valence-electron chi connectivity index (χ4n) is 1.76. The van der Waals surface area contributed by atoms with Gasteiger partial charge in [0, 0.05) is 31.9 Å². The molecule has 4 heteroatoms. The average molecular weight is 267 g/mol. The number of ether oxygens (including phenoxy) is 3. The van der Waals surface area contributed by atoms with E-state index in [1.54, 1.807) is 7.11 Å². The van der Waals surface area contributed by atoms with Crippen LogP contribution in [0.15, 0.2) is 18.2 Å². The van der Waals surface area contributed by atoms with Crippen molar-refractivity contribution in [2.75, 3.05) is 33.5 Å². The molecule has 0 spiro atoms. The van der Waals surface area contributed by atoms with E-state index in [0.717, 1.165) is 24.3 Å². The molecule has 0 radical (unpaired) electrons. The molecule has 1 rings (SSSR count). The summed E-state index contributed by atoms with van der Waals surface area (Å²) < 4.78 is 16.1. The number of hydrogen-bond donors (Lipinski definition) is 1. The Balaban J connectivity index is 2.34. The summed E-state index contributed by atoms with van der Waals surface area (Å²) >= 11 is 0. The van der Waals surface area contributed by atoms with Crippen LogP contribution in [0, 0.1) is 6.92 Å². The third-order valence-corrected chi connectivity index (χ3v) is 2.78. The minimum absolute atomic E-state index is 0.0294. The molecule has 1 unspecified atom stereocenters. The molecule has 0 saturated heterocycles. The summed E-state index contributed by atoms with van der Waals surface area (Å²) in [7, 11) is 1.69. The molecule has 1 aromatic rings. The van der Waals surface area contributed by atoms with Crippen molar-refractivity contribution in [3.05, 3.63) is 29.3 Å². The van der Waals surface area contributed by atoms with E-state index in [-0.39, 0.29) is 6.04 Å². The Morgan fingerprint density at radius 2 is 1.95 bits per heavy atom. The molecule has 0 saturated carbocycles. The zero-order valence-corrected chi connectivity index (χ0v) is 12.1. The number of methoxy groups -OCH3 is 1. The summed E-state index contributed by atoms with van der Waals surface area (Å²) in [6.45, 7) is 6.54. The van der Waals surface area contributed by atoms with Crippen LogP contribution in [0.3, 0.4) is 0 Å². The van der Waals surface area contributed by atoms with E-state index < -0.39 is 0 Å². The fourth-order valence-corrected chi connectivity index (χ4v) is 1.76. The summed E-state index contributed by atoms with van der Waals surface area (Å²) in [6, 6.07) is 6.06. The van der Waals surface area contributed by atoms with Crippen molar-refractivity contribution in [2.24, 2.45) is 5.73 Å². The molecule has 0 aliphatic carbocycles. The van der Waals surface area contributed by atoms with Crippen molar-refractivity contribution < 1.29 is 14.2 Å². The van der Waals surface area contributed by atoms with E-state index in [9.17, 15) is 0 Å². The van der Waals surface area contributed by atoms with E-state index in [0.29, 0.717) is 19.8 Å². The highest BCUT2D eigenvalue weighted by molar-refractivity contribution is 5.38. The quantitative estimate of drug-likeness (QED) is 0.698. The van der Waals surface area contributed by atoms with Gasteiger partial charge in [0.15, 0.2) is 0 Å². The molecule has 108 valence electrons.